The molecule has 1 spiro atoms. The molecule has 29 heavy (non-hydrogen) atoms. The number of hydrogen-bond acceptors (Lipinski definition) is 5. The third kappa shape index (κ3) is 3.53. The Hall–Kier alpha value is -2.73. The van der Waals surface area contributed by atoms with Crippen molar-refractivity contribution in [2.75, 3.05) is 41.1 Å². The molecule has 0 radical (unpaired) electrons. The molecule has 0 aliphatic carbocycles. The van der Waals surface area contributed by atoms with Crippen LogP contribution in [0.4, 0.5) is 0 Å². The van der Waals surface area contributed by atoms with Crippen molar-refractivity contribution in [3.05, 3.63) is 53.1 Å². The number of carbonyl (C=O) groups excluding carboxylic acids is 1. The fourth-order valence-electron chi connectivity index (χ4n) is 4.51. The fraction of sp³-hybridized carbons (Fsp3) is 0.435. The van der Waals surface area contributed by atoms with Crippen LogP contribution in [0.2, 0.25) is 0 Å². The normalized spacial score (nSPS) is 17.6. The molecule has 1 fully saturated rings. The largest absolute Gasteiger partial charge is 0.497 e. The van der Waals surface area contributed by atoms with E-state index in [2.05, 4.69) is 6.07 Å². The van der Waals surface area contributed by atoms with Crippen molar-refractivity contribution in [1.82, 2.24) is 4.90 Å². The van der Waals surface area contributed by atoms with Crippen LogP contribution in [0.15, 0.2) is 36.4 Å². The van der Waals surface area contributed by atoms with Crippen molar-refractivity contribution in [2.24, 2.45) is 0 Å². The number of fused-ring (bicyclic) bond motifs is 2. The van der Waals surface area contributed by atoms with Crippen molar-refractivity contribution >= 4 is 5.91 Å². The quantitative estimate of drug-likeness (QED) is 0.791. The molecule has 1 saturated heterocycles. The standard InChI is InChI=1S/C23H27NO5/c1-26-18-6-4-16(5-7-18)22(25)24-14-17-12-20(27-2)21(28-3)13-19(17)23(15-24)8-10-29-11-9-23/h4-7,12-13H,8-11,14-15H2,1-3H3. The second-order valence-corrected chi connectivity index (χ2v) is 7.65. The van der Waals surface area contributed by atoms with Crippen LogP contribution < -0.4 is 14.2 Å². The van der Waals surface area contributed by atoms with E-state index in [0.29, 0.717) is 37.6 Å². The van der Waals surface area contributed by atoms with Crippen molar-refractivity contribution in [2.45, 2.75) is 24.8 Å². The van der Waals surface area contributed by atoms with Gasteiger partial charge in [0.15, 0.2) is 11.5 Å². The number of amides is 1. The highest BCUT2D eigenvalue weighted by atomic mass is 16.5. The molecule has 2 aromatic rings. The summed E-state index contributed by atoms with van der Waals surface area (Å²) in [4.78, 5) is 15.3. The minimum atomic E-state index is -0.131. The first-order valence-electron chi connectivity index (χ1n) is 9.86. The van der Waals surface area contributed by atoms with Crippen LogP contribution >= 0.6 is 0 Å². The van der Waals surface area contributed by atoms with Gasteiger partial charge in [0.25, 0.3) is 5.91 Å². The summed E-state index contributed by atoms with van der Waals surface area (Å²) in [6.07, 6.45) is 1.75. The fourth-order valence-corrected chi connectivity index (χ4v) is 4.51. The number of hydrogen-bond donors (Lipinski definition) is 0. The van der Waals surface area contributed by atoms with Gasteiger partial charge in [-0.3, -0.25) is 4.79 Å². The Morgan fingerprint density at radius 2 is 1.62 bits per heavy atom. The molecule has 0 N–H and O–H groups in total. The first-order chi connectivity index (χ1) is 14.1. The van der Waals surface area contributed by atoms with E-state index in [9.17, 15) is 4.79 Å². The van der Waals surface area contributed by atoms with E-state index in [0.717, 1.165) is 29.9 Å². The summed E-state index contributed by atoms with van der Waals surface area (Å²) in [6, 6.07) is 11.4. The van der Waals surface area contributed by atoms with Crippen molar-refractivity contribution in [3.63, 3.8) is 0 Å². The summed E-state index contributed by atoms with van der Waals surface area (Å²) in [5, 5.41) is 0. The highest BCUT2D eigenvalue weighted by molar-refractivity contribution is 5.94. The van der Waals surface area contributed by atoms with Gasteiger partial charge in [0.2, 0.25) is 0 Å². The molecule has 2 heterocycles. The van der Waals surface area contributed by atoms with Crippen LogP contribution in [0.3, 0.4) is 0 Å². The highest BCUT2D eigenvalue weighted by Crippen LogP contribution is 2.45. The molecule has 2 aliphatic rings. The van der Waals surface area contributed by atoms with Gasteiger partial charge in [-0.1, -0.05) is 0 Å². The number of carbonyl (C=O) groups is 1. The Morgan fingerprint density at radius 1 is 0.966 bits per heavy atom. The monoisotopic (exact) mass is 397 g/mol. The minimum Gasteiger partial charge on any atom is -0.497 e. The molecule has 2 aliphatic heterocycles. The average Bonchev–Trinajstić information content (AvgIpc) is 2.78. The van der Waals surface area contributed by atoms with Gasteiger partial charge >= 0.3 is 0 Å². The lowest BCUT2D eigenvalue weighted by atomic mass is 9.69. The SMILES string of the molecule is COc1ccc(C(=O)N2Cc3cc(OC)c(OC)cc3C3(CCOCC3)C2)cc1. The van der Waals surface area contributed by atoms with Crippen LogP contribution in [0.5, 0.6) is 17.2 Å². The molecule has 0 aromatic heterocycles. The summed E-state index contributed by atoms with van der Waals surface area (Å²) in [7, 11) is 4.91. The van der Waals surface area contributed by atoms with Gasteiger partial charge in [-0.15, -0.1) is 0 Å². The molecular formula is C23H27NO5. The zero-order valence-electron chi connectivity index (χ0n) is 17.2. The second kappa shape index (κ2) is 7.95. The predicted molar refractivity (Wildman–Crippen MR) is 109 cm³/mol. The third-order valence-corrected chi connectivity index (χ3v) is 6.11. The number of rotatable bonds is 4. The van der Waals surface area contributed by atoms with E-state index in [1.54, 1.807) is 21.3 Å². The van der Waals surface area contributed by atoms with Crippen molar-refractivity contribution < 1.29 is 23.7 Å². The predicted octanol–water partition coefficient (Wildman–Crippen LogP) is 3.42. The summed E-state index contributed by atoms with van der Waals surface area (Å²) in [5.41, 5.74) is 2.89. The van der Waals surface area contributed by atoms with Crippen molar-refractivity contribution in [3.8, 4) is 17.2 Å². The van der Waals surface area contributed by atoms with E-state index in [1.807, 2.05) is 35.2 Å². The van der Waals surface area contributed by atoms with Crippen LogP contribution in [-0.2, 0) is 16.7 Å². The smallest absolute Gasteiger partial charge is 0.254 e. The summed E-state index contributed by atoms with van der Waals surface area (Å²) in [5.74, 6) is 2.18. The Bertz CT molecular complexity index is 887. The maximum atomic E-state index is 13.3. The van der Waals surface area contributed by atoms with E-state index in [4.69, 9.17) is 18.9 Å². The first-order valence-corrected chi connectivity index (χ1v) is 9.86. The summed E-state index contributed by atoms with van der Waals surface area (Å²) in [6.45, 7) is 2.60. The molecule has 2 aromatic carbocycles. The molecule has 154 valence electrons. The Labute approximate surface area is 171 Å². The lowest BCUT2D eigenvalue weighted by molar-refractivity contribution is 0.0236. The maximum absolute atomic E-state index is 13.3. The maximum Gasteiger partial charge on any atom is 0.254 e. The number of nitrogens with zero attached hydrogens (tertiary/aromatic N) is 1. The molecule has 0 atom stereocenters. The molecule has 1 amide bonds. The average molecular weight is 397 g/mol. The van der Waals surface area contributed by atoms with E-state index < -0.39 is 0 Å². The molecule has 6 nitrogen and oxygen atoms in total. The number of benzene rings is 2. The molecule has 6 heteroatoms. The zero-order valence-corrected chi connectivity index (χ0v) is 17.2. The van der Waals surface area contributed by atoms with Crippen LogP contribution in [0.25, 0.3) is 0 Å². The number of methoxy groups -OCH3 is 3. The summed E-state index contributed by atoms with van der Waals surface area (Å²) < 4.78 is 21.9. The van der Waals surface area contributed by atoms with Gasteiger partial charge in [-0.05, 0) is 60.4 Å². The van der Waals surface area contributed by atoms with Crippen molar-refractivity contribution in [1.29, 1.82) is 0 Å². The van der Waals surface area contributed by atoms with E-state index in [-0.39, 0.29) is 11.3 Å². The van der Waals surface area contributed by atoms with Crippen LogP contribution in [-0.4, -0.2) is 51.9 Å². The van der Waals surface area contributed by atoms with Gasteiger partial charge < -0.3 is 23.8 Å². The van der Waals surface area contributed by atoms with Crippen LogP contribution in [0, 0.1) is 0 Å². The Morgan fingerprint density at radius 3 is 2.24 bits per heavy atom. The molecule has 4 rings (SSSR count). The Balaban J connectivity index is 1.73. The van der Waals surface area contributed by atoms with E-state index in [1.165, 1.54) is 5.56 Å². The van der Waals surface area contributed by atoms with Gasteiger partial charge in [-0.2, -0.15) is 0 Å². The second-order valence-electron chi connectivity index (χ2n) is 7.65. The lowest BCUT2D eigenvalue weighted by Crippen LogP contribution is -2.50. The number of ether oxygens (including phenoxy) is 4. The molecule has 0 unspecified atom stereocenters. The molecule has 0 bridgehead atoms. The molecule has 0 saturated carbocycles. The highest BCUT2D eigenvalue weighted by Gasteiger charge is 2.43. The van der Waals surface area contributed by atoms with Gasteiger partial charge in [0, 0.05) is 37.3 Å². The first kappa shape index (κ1) is 19.6. The molecular weight excluding hydrogens is 370 g/mol. The summed E-state index contributed by atoms with van der Waals surface area (Å²) >= 11 is 0. The van der Waals surface area contributed by atoms with Gasteiger partial charge in [-0.25, -0.2) is 0 Å². The van der Waals surface area contributed by atoms with Gasteiger partial charge in [0.05, 0.1) is 21.3 Å². The van der Waals surface area contributed by atoms with Gasteiger partial charge in [0.1, 0.15) is 5.75 Å². The topological polar surface area (TPSA) is 57.2 Å². The lowest BCUT2D eigenvalue weighted by Gasteiger charge is -2.46. The minimum absolute atomic E-state index is 0.0268. The third-order valence-electron chi connectivity index (χ3n) is 6.11. The van der Waals surface area contributed by atoms with Crippen LogP contribution in [0.1, 0.15) is 34.3 Å². The van der Waals surface area contributed by atoms with E-state index >= 15 is 0 Å². The Kier molecular flexibility index (Phi) is 5.37. The zero-order chi connectivity index (χ0) is 20.4.